The summed E-state index contributed by atoms with van der Waals surface area (Å²) < 4.78 is 27.2. The zero-order valence-corrected chi connectivity index (χ0v) is 13.1. The van der Waals surface area contributed by atoms with E-state index in [9.17, 15) is 13.5 Å². The maximum absolute atomic E-state index is 12.8. The minimum atomic E-state index is -3.46. The van der Waals surface area contributed by atoms with Gasteiger partial charge in [0.1, 0.15) is 0 Å². The molecule has 2 fully saturated rings. The molecule has 2 heterocycles. The van der Waals surface area contributed by atoms with Crippen molar-refractivity contribution in [2.75, 3.05) is 26.2 Å². The zero-order valence-electron chi connectivity index (χ0n) is 12.3. The summed E-state index contributed by atoms with van der Waals surface area (Å²) in [5.74, 6) is 0. The van der Waals surface area contributed by atoms with Crippen LogP contribution in [-0.4, -0.2) is 55.0 Å². The molecule has 116 valence electrons. The van der Waals surface area contributed by atoms with Crippen molar-refractivity contribution < 1.29 is 13.5 Å². The third-order valence-corrected chi connectivity index (χ3v) is 6.39. The maximum atomic E-state index is 12.8. The van der Waals surface area contributed by atoms with Gasteiger partial charge in [-0.1, -0.05) is 12.1 Å². The fraction of sp³-hybridized carbons (Fsp3) is 0.600. The molecule has 0 aliphatic carbocycles. The lowest BCUT2D eigenvalue weighted by molar-refractivity contribution is 0.158. The highest BCUT2D eigenvalue weighted by atomic mass is 32.2. The van der Waals surface area contributed by atoms with Crippen molar-refractivity contribution in [1.29, 1.82) is 0 Å². The van der Waals surface area contributed by atoms with E-state index < -0.39 is 16.1 Å². The number of piperazine rings is 1. The normalized spacial score (nSPS) is 25.7. The van der Waals surface area contributed by atoms with Crippen LogP contribution in [-0.2, 0) is 10.0 Å². The topological polar surface area (TPSA) is 60.9 Å². The van der Waals surface area contributed by atoms with Gasteiger partial charge in [0.05, 0.1) is 11.0 Å². The molecular formula is C15H22N2O3S. The Kier molecular flexibility index (Phi) is 4.05. The van der Waals surface area contributed by atoms with Crippen molar-refractivity contribution in [3.8, 4) is 0 Å². The SMILES string of the molecule is CC(O)c1cccc(S(=O)(=O)N2CCN3CCCC3C2)c1. The van der Waals surface area contributed by atoms with E-state index in [0.29, 0.717) is 24.7 Å². The number of nitrogens with zero attached hydrogens (tertiary/aromatic N) is 2. The summed E-state index contributed by atoms with van der Waals surface area (Å²) in [7, 11) is -3.46. The number of aliphatic hydroxyl groups is 1. The molecule has 0 amide bonds. The summed E-state index contributed by atoms with van der Waals surface area (Å²) in [4.78, 5) is 2.67. The molecule has 1 N–H and O–H groups in total. The maximum Gasteiger partial charge on any atom is 0.243 e. The predicted octanol–water partition coefficient (Wildman–Crippen LogP) is 1.21. The first-order valence-electron chi connectivity index (χ1n) is 7.51. The second kappa shape index (κ2) is 5.68. The highest BCUT2D eigenvalue weighted by Gasteiger charge is 2.36. The van der Waals surface area contributed by atoms with Crippen molar-refractivity contribution in [1.82, 2.24) is 9.21 Å². The molecule has 5 nitrogen and oxygen atoms in total. The molecule has 0 aromatic heterocycles. The van der Waals surface area contributed by atoms with Crippen molar-refractivity contribution >= 4 is 10.0 Å². The van der Waals surface area contributed by atoms with Crippen LogP contribution in [0.15, 0.2) is 29.2 Å². The molecule has 0 spiro atoms. The minimum absolute atomic E-state index is 0.285. The molecule has 21 heavy (non-hydrogen) atoms. The molecular weight excluding hydrogens is 288 g/mol. The van der Waals surface area contributed by atoms with Crippen molar-refractivity contribution in [2.45, 2.75) is 36.8 Å². The Balaban J connectivity index is 1.85. The first kappa shape index (κ1) is 15.0. The molecule has 1 aromatic rings. The molecule has 0 bridgehead atoms. The average molecular weight is 310 g/mol. The summed E-state index contributed by atoms with van der Waals surface area (Å²) in [5, 5.41) is 9.63. The van der Waals surface area contributed by atoms with Gasteiger partial charge in [0.25, 0.3) is 0 Å². The van der Waals surface area contributed by atoms with Crippen LogP contribution in [0.2, 0.25) is 0 Å². The van der Waals surface area contributed by atoms with Crippen LogP contribution in [0.5, 0.6) is 0 Å². The van der Waals surface area contributed by atoms with Crippen molar-refractivity contribution in [3.05, 3.63) is 29.8 Å². The summed E-state index contributed by atoms with van der Waals surface area (Å²) in [5.41, 5.74) is 0.635. The lowest BCUT2D eigenvalue weighted by atomic mass is 10.1. The van der Waals surface area contributed by atoms with E-state index in [4.69, 9.17) is 0 Å². The van der Waals surface area contributed by atoms with Gasteiger partial charge in [-0.2, -0.15) is 4.31 Å². The molecule has 6 heteroatoms. The van der Waals surface area contributed by atoms with Crippen LogP contribution in [0.25, 0.3) is 0 Å². The van der Waals surface area contributed by atoms with E-state index in [-0.39, 0.29) is 4.90 Å². The second-order valence-electron chi connectivity index (χ2n) is 5.94. The van der Waals surface area contributed by atoms with Crippen molar-refractivity contribution in [2.24, 2.45) is 0 Å². The fourth-order valence-corrected chi connectivity index (χ4v) is 4.79. The van der Waals surface area contributed by atoms with Crippen LogP contribution >= 0.6 is 0 Å². The molecule has 2 aliphatic rings. The fourth-order valence-electron chi connectivity index (χ4n) is 3.26. The Morgan fingerprint density at radius 2 is 2.10 bits per heavy atom. The molecule has 0 saturated carbocycles. The van der Waals surface area contributed by atoms with Crippen molar-refractivity contribution in [3.63, 3.8) is 0 Å². The zero-order chi connectivity index (χ0) is 15.0. The van der Waals surface area contributed by atoms with Gasteiger partial charge < -0.3 is 5.11 Å². The highest BCUT2D eigenvalue weighted by Crippen LogP contribution is 2.26. The van der Waals surface area contributed by atoms with Gasteiger partial charge in [0.2, 0.25) is 10.0 Å². The van der Waals surface area contributed by atoms with Crippen LogP contribution in [0, 0.1) is 0 Å². The molecule has 2 unspecified atom stereocenters. The monoisotopic (exact) mass is 310 g/mol. The Hall–Kier alpha value is -0.950. The smallest absolute Gasteiger partial charge is 0.243 e. The van der Waals surface area contributed by atoms with Crippen LogP contribution in [0.3, 0.4) is 0 Å². The average Bonchev–Trinajstić information content (AvgIpc) is 2.94. The number of fused-ring (bicyclic) bond motifs is 1. The number of hydrogen-bond acceptors (Lipinski definition) is 4. The standard InChI is InChI=1S/C15H22N2O3S/c1-12(18)13-4-2-6-15(10-13)21(19,20)17-9-8-16-7-3-5-14(16)11-17/h2,4,6,10,12,14,18H,3,5,7-9,11H2,1H3. The first-order valence-corrected chi connectivity index (χ1v) is 8.95. The molecule has 2 aliphatic heterocycles. The third kappa shape index (κ3) is 2.85. The molecule has 1 aromatic carbocycles. The van der Waals surface area contributed by atoms with Gasteiger partial charge in [0, 0.05) is 25.7 Å². The number of benzene rings is 1. The summed E-state index contributed by atoms with van der Waals surface area (Å²) in [6, 6.07) is 7.01. The Morgan fingerprint density at radius 3 is 2.86 bits per heavy atom. The van der Waals surface area contributed by atoms with Gasteiger partial charge in [-0.15, -0.1) is 0 Å². The Labute approximate surface area is 126 Å². The number of aliphatic hydroxyl groups excluding tert-OH is 1. The van der Waals surface area contributed by atoms with E-state index in [1.807, 2.05) is 0 Å². The molecule has 2 saturated heterocycles. The predicted molar refractivity (Wildman–Crippen MR) is 80.4 cm³/mol. The second-order valence-corrected chi connectivity index (χ2v) is 7.88. The van der Waals surface area contributed by atoms with Gasteiger partial charge >= 0.3 is 0 Å². The first-order chi connectivity index (χ1) is 9.98. The van der Waals surface area contributed by atoms with E-state index in [1.165, 1.54) is 0 Å². The molecule has 0 radical (unpaired) electrons. The summed E-state index contributed by atoms with van der Waals surface area (Å²) >= 11 is 0. The third-order valence-electron chi connectivity index (χ3n) is 4.53. The van der Waals surface area contributed by atoms with Gasteiger partial charge in [0.15, 0.2) is 0 Å². The number of sulfonamides is 1. The Bertz CT molecular complexity index is 615. The molecule has 3 rings (SSSR count). The largest absolute Gasteiger partial charge is 0.389 e. The van der Waals surface area contributed by atoms with Crippen LogP contribution in [0.1, 0.15) is 31.4 Å². The van der Waals surface area contributed by atoms with E-state index >= 15 is 0 Å². The number of hydrogen-bond donors (Lipinski definition) is 1. The van der Waals surface area contributed by atoms with E-state index in [0.717, 1.165) is 25.9 Å². The van der Waals surface area contributed by atoms with E-state index in [2.05, 4.69) is 4.90 Å². The quantitative estimate of drug-likeness (QED) is 0.911. The number of rotatable bonds is 3. The summed E-state index contributed by atoms with van der Waals surface area (Å²) in [6.07, 6.45) is 1.59. The Morgan fingerprint density at radius 1 is 1.29 bits per heavy atom. The lowest BCUT2D eigenvalue weighted by Crippen LogP contribution is -2.51. The highest BCUT2D eigenvalue weighted by molar-refractivity contribution is 7.89. The summed E-state index contributed by atoms with van der Waals surface area (Å²) in [6.45, 7) is 4.69. The van der Waals surface area contributed by atoms with Gasteiger partial charge in [-0.25, -0.2) is 8.42 Å². The molecule has 2 atom stereocenters. The van der Waals surface area contributed by atoms with Crippen LogP contribution < -0.4 is 0 Å². The van der Waals surface area contributed by atoms with Gasteiger partial charge in [-0.05, 0) is 44.0 Å². The van der Waals surface area contributed by atoms with Crippen LogP contribution in [0.4, 0.5) is 0 Å². The minimum Gasteiger partial charge on any atom is -0.389 e. The van der Waals surface area contributed by atoms with Gasteiger partial charge in [-0.3, -0.25) is 4.90 Å². The van der Waals surface area contributed by atoms with E-state index in [1.54, 1.807) is 35.5 Å². The lowest BCUT2D eigenvalue weighted by Gasteiger charge is -2.36.